The van der Waals surface area contributed by atoms with E-state index >= 15 is 0 Å². The highest BCUT2D eigenvalue weighted by atomic mass is 32.2. The number of benzene rings is 1. The zero-order chi connectivity index (χ0) is 14.8. The Balaban J connectivity index is 2.14. The second-order valence-corrected chi connectivity index (χ2v) is 6.31. The molecule has 0 unspecified atom stereocenters. The second kappa shape index (κ2) is 5.68. The molecule has 6 heteroatoms. The Hall–Kier alpha value is -1.79. The molecule has 2 rings (SSSR count). The molecule has 0 amide bonds. The van der Waals surface area contributed by atoms with Gasteiger partial charge in [-0.15, -0.1) is 0 Å². The topological polar surface area (TPSA) is 59.1 Å². The number of pyridine rings is 1. The van der Waals surface area contributed by atoms with Crippen LogP contribution in [0.4, 0.5) is 4.39 Å². The molecule has 4 nitrogen and oxygen atoms in total. The first-order chi connectivity index (χ1) is 9.38. The summed E-state index contributed by atoms with van der Waals surface area (Å²) in [5, 5.41) is 0. The average molecular weight is 294 g/mol. The van der Waals surface area contributed by atoms with E-state index in [1.807, 2.05) is 13.0 Å². The van der Waals surface area contributed by atoms with Gasteiger partial charge in [-0.3, -0.25) is 4.98 Å². The Morgan fingerprint density at radius 1 is 1.20 bits per heavy atom. The lowest BCUT2D eigenvalue weighted by atomic mass is 10.2. The summed E-state index contributed by atoms with van der Waals surface area (Å²) in [6, 6.07) is 7.33. The van der Waals surface area contributed by atoms with Gasteiger partial charge in [-0.05, 0) is 49.2 Å². The lowest BCUT2D eigenvalue weighted by Gasteiger charge is -2.08. The van der Waals surface area contributed by atoms with Crippen molar-refractivity contribution in [2.75, 3.05) is 0 Å². The number of halogens is 1. The van der Waals surface area contributed by atoms with Crippen molar-refractivity contribution in [2.24, 2.45) is 0 Å². The molecule has 0 fully saturated rings. The van der Waals surface area contributed by atoms with Gasteiger partial charge in [0.1, 0.15) is 5.82 Å². The van der Waals surface area contributed by atoms with Crippen LogP contribution in [0.1, 0.15) is 16.8 Å². The Morgan fingerprint density at radius 2 is 1.95 bits per heavy atom. The number of aryl methyl sites for hydroxylation is 2. The summed E-state index contributed by atoms with van der Waals surface area (Å²) in [5.74, 6) is -0.424. The third kappa shape index (κ3) is 3.40. The van der Waals surface area contributed by atoms with Crippen molar-refractivity contribution in [1.82, 2.24) is 9.71 Å². The third-order valence-corrected chi connectivity index (χ3v) is 4.28. The first-order valence-electron chi connectivity index (χ1n) is 6.06. The van der Waals surface area contributed by atoms with Gasteiger partial charge in [0, 0.05) is 18.4 Å². The minimum absolute atomic E-state index is 0.0523. The molecule has 2 aromatic rings. The maximum Gasteiger partial charge on any atom is 0.240 e. The Kier molecular flexibility index (Phi) is 4.15. The average Bonchev–Trinajstić information content (AvgIpc) is 2.41. The maximum absolute atomic E-state index is 13.2. The van der Waals surface area contributed by atoms with Crippen molar-refractivity contribution in [3.05, 3.63) is 59.2 Å². The highest BCUT2D eigenvalue weighted by Crippen LogP contribution is 2.14. The van der Waals surface area contributed by atoms with E-state index in [0.717, 1.165) is 17.3 Å². The van der Waals surface area contributed by atoms with Crippen LogP contribution in [0.15, 0.2) is 41.4 Å². The van der Waals surface area contributed by atoms with Crippen molar-refractivity contribution in [2.45, 2.75) is 25.3 Å². The standard InChI is InChI=1S/C14H15FN2O2S/c1-10-7-13(5-6-14(10)15)20(18,19)17-9-12-4-3-11(2)16-8-12/h3-8,17H,9H2,1-2H3. The fourth-order valence-electron chi connectivity index (χ4n) is 1.65. The normalized spacial score (nSPS) is 11.6. The van der Waals surface area contributed by atoms with Gasteiger partial charge in [-0.1, -0.05) is 6.07 Å². The van der Waals surface area contributed by atoms with Crippen LogP contribution in [-0.2, 0) is 16.6 Å². The summed E-state index contributed by atoms with van der Waals surface area (Å²) in [5.41, 5.74) is 1.92. The summed E-state index contributed by atoms with van der Waals surface area (Å²) in [4.78, 5) is 4.15. The number of nitrogens with one attached hydrogen (secondary N) is 1. The fourth-order valence-corrected chi connectivity index (χ4v) is 2.75. The Labute approximate surface area is 117 Å². The highest BCUT2D eigenvalue weighted by Gasteiger charge is 2.14. The van der Waals surface area contributed by atoms with Crippen LogP contribution in [-0.4, -0.2) is 13.4 Å². The SMILES string of the molecule is Cc1ccc(CNS(=O)(=O)c2ccc(F)c(C)c2)cn1. The first kappa shape index (κ1) is 14.6. The lowest BCUT2D eigenvalue weighted by Crippen LogP contribution is -2.23. The Morgan fingerprint density at radius 3 is 2.55 bits per heavy atom. The van der Waals surface area contributed by atoms with Crippen molar-refractivity contribution in [3.8, 4) is 0 Å². The molecule has 1 N–H and O–H groups in total. The van der Waals surface area contributed by atoms with Crippen LogP contribution in [0.5, 0.6) is 0 Å². The number of nitrogens with zero attached hydrogens (tertiary/aromatic N) is 1. The van der Waals surface area contributed by atoms with Crippen LogP contribution >= 0.6 is 0 Å². The molecule has 1 aromatic heterocycles. The van der Waals surface area contributed by atoms with Crippen LogP contribution in [0, 0.1) is 19.7 Å². The van der Waals surface area contributed by atoms with Gasteiger partial charge in [-0.25, -0.2) is 17.5 Å². The van der Waals surface area contributed by atoms with E-state index in [1.54, 1.807) is 12.3 Å². The van der Waals surface area contributed by atoms with Crippen LogP contribution in [0.25, 0.3) is 0 Å². The van der Waals surface area contributed by atoms with Gasteiger partial charge < -0.3 is 0 Å². The molecule has 1 heterocycles. The van der Waals surface area contributed by atoms with Gasteiger partial charge in [-0.2, -0.15) is 0 Å². The van der Waals surface area contributed by atoms with Crippen LogP contribution < -0.4 is 4.72 Å². The van der Waals surface area contributed by atoms with E-state index in [4.69, 9.17) is 0 Å². The van der Waals surface area contributed by atoms with E-state index in [2.05, 4.69) is 9.71 Å². The second-order valence-electron chi connectivity index (χ2n) is 4.54. The van der Waals surface area contributed by atoms with Crippen molar-refractivity contribution >= 4 is 10.0 Å². The summed E-state index contributed by atoms with van der Waals surface area (Å²) in [7, 11) is -3.65. The van der Waals surface area contributed by atoms with Gasteiger partial charge in [0.2, 0.25) is 10.0 Å². The molecule has 0 saturated carbocycles. The van der Waals surface area contributed by atoms with Crippen molar-refractivity contribution in [1.29, 1.82) is 0 Å². The maximum atomic E-state index is 13.2. The molecule has 0 aliphatic heterocycles. The fraction of sp³-hybridized carbons (Fsp3) is 0.214. The van der Waals surface area contributed by atoms with Gasteiger partial charge in [0.05, 0.1) is 4.90 Å². The van der Waals surface area contributed by atoms with E-state index in [9.17, 15) is 12.8 Å². The van der Waals surface area contributed by atoms with Crippen LogP contribution in [0.2, 0.25) is 0 Å². The zero-order valence-corrected chi connectivity index (χ0v) is 12.0. The van der Waals surface area contributed by atoms with Crippen molar-refractivity contribution < 1.29 is 12.8 Å². The number of sulfonamides is 1. The summed E-state index contributed by atoms with van der Waals surface area (Å²) >= 11 is 0. The molecule has 20 heavy (non-hydrogen) atoms. The molecule has 0 saturated heterocycles. The molecule has 0 aliphatic carbocycles. The predicted molar refractivity (Wildman–Crippen MR) is 74.1 cm³/mol. The van der Waals surface area contributed by atoms with E-state index < -0.39 is 15.8 Å². The Bertz CT molecular complexity index is 712. The molecule has 0 atom stereocenters. The van der Waals surface area contributed by atoms with E-state index in [-0.39, 0.29) is 11.4 Å². The molecular formula is C14H15FN2O2S. The quantitative estimate of drug-likeness (QED) is 0.941. The number of hydrogen-bond acceptors (Lipinski definition) is 3. The van der Waals surface area contributed by atoms with Gasteiger partial charge in [0.15, 0.2) is 0 Å². The molecule has 0 spiro atoms. The molecule has 1 aromatic carbocycles. The molecule has 0 bridgehead atoms. The summed E-state index contributed by atoms with van der Waals surface area (Å²) < 4.78 is 39.8. The highest BCUT2D eigenvalue weighted by molar-refractivity contribution is 7.89. The number of rotatable bonds is 4. The van der Waals surface area contributed by atoms with Crippen LogP contribution in [0.3, 0.4) is 0 Å². The minimum Gasteiger partial charge on any atom is -0.261 e. The van der Waals surface area contributed by atoms with Gasteiger partial charge >= 0.3 is 0 Å². The lowest BCUT2D eigenvalue weighted by molar-refractivity contribution is 0.579. The smallest absolute Gasteiger partial charge is 0.240 e. The van der Waals surface area contributed by atoms with Gasteiger partial charge in [0.25, 0.3) is 0 Å². The molecular weight excluding hydrogens is 279 g/mol. The summed E-state index contributed by atoms with van der Waals surface area (Å²) in [6.07, 6.45) is 1.62. The number of hydrogen-bond donors (Lipinski definition) is 1. The molecule has 0 aliphatic rings. The van der Waals surface area contributed by atoms with E-state index in [1.165, 1.54) is 19.1 Å². The minimum atomic E-state index is -3.65. The third-order valence-electron chi connectivity index (χ3n) is 2.88. The first-order valence-corrected chi connectivity index (χ1v) is 7.54. The van der Waals surface area contributed by atoms with E-state index in [0.29, 0.717) is 5.56 Å². The summed E-state index contributed by atoms with van der Waals surface area (Å²) in [6.45, 7) is 3.53. The largest absolute Gasteiger partial charge is 0.261 e. The molecule has 0 radical (unpaired) electrons. The monoisotopic (exact) mass is 294 g/mol. The zero-order valence-electron chi connectivity index (χ0n) is 11.2. The predicted octanol–water partition coefficient (Wildman–Crippen LogP) is 2.32. The van der Waals surface area contributed by atoms with Crippen molar-refractivity contribution in [3.63, 3.8) is 0 Å². The molecule has 106 valence electrons. The number of aromatic nitrogens is 1.